The molecule has 2 atom stereocenters. The Morgan fingerprint density at radius 3 is 2.47 bits per heavy atom. The van der Waals surface area contributed by atoms with Gasteiger partial charge in [0.2, 0.25) is 11.8 Å². The number of hydrogen-bond acceptors (Lipinski definition) is 6. The van der Waals surface area contributed by atoms with E-state index in [1.165, 1.54) is 0 Å². The molecule has 1 saturated carbocycles. The molecule has 2 fully saturated rings. The number of hydrogen-bond donors (Lipinski definition) is 3. The van der Waals surface area contributed by atoms with Crippen molar-refractivity contribution in [2.75, 3.05) is 25.4 Å². The van der Waals surface area contributed by atoms with Crippen molar-refractivity contribution in [3.05, 3.63) is 0 Å². The smallest absolute Gasteiger partial charge is 0.407 e. The first-order chi connectivity index (χ1) is 16.2. The number of nitrogens with zero attached hydrogens (tertiary/aromatic N) is 1. The summed E-state index contributed by atoms with van der Waals surface area (Å²) in [5, 5.41) is 5.92. The molecule has 9 heteroatoms. The molecule has 1 saturated heterocycles. The molecule has 34 heavy (non-hydrogen) atoms. The predicted octanol–water partition coefficient (Wildman–Crippen LogP) is 3.43. The lowest BCUT2D eigenvalue weighted by Crippen LogP contribution is -2.60. The SMILES string of the molecule is CCCCSC(C)(C)C(NC(=O)OCCC)C(=O)N1CCCC1C(=O)NCC1CCC(N)CC1. The third kappa shape index (κ3) is 8.63. The number of likely N-dealkylation sites (tertiary alicyclic amines) is 1. The number of ether oxygens (including phenoxy) is 1. The molecule has 4 N–H and O–H groups in total. The van der Waals surface area contributed by atoms with E-state index in [-0.39, 0.29) is 17.9 Å². The minimum Gasteiger partial charge on any atom is -0.450 e. The zero-order valence-corrected chi connectivity index (χ0v) is 22.4. The molecule has 2 unspecified atom stereocenters. The maximum Gasteiger partial charge on any atom is 0.407 e. The second-order valence-electron chi connectivity index (χ2n) is 10.2. The molecule has 0 bridgehead atoms. The highest BCUT2D eigenvalue weighted by Crippen LogP contribution is 2.32. The summed E-state index contributed by atoms with van der Waals surface area (Å²) in [7, 11) is 0. The molecule has 3 amide bonds. The maximum absolute atomic E-state index is 13.7. The van der Waals surface area contributed by atoms with Gasteiger partial charge in [-0.3, -0.25) is 9.59 Å². The Labute approximate surface area is 209 Å². The number of amides is 3. The van der Waals surface area contributed by atoms with E-state index in [9.17, 15) is 14.4 Å². The fourth-order valence-electron chi connectivity index (χ4n) is 4.67. The maximum atomic E-state index is 13.7. The second kappa shape index (κ2) is 14.2. The molecule has 1 aliphatic carbocycles. The number of thioether (sulfide) groups is 1. The normalized spacial score (nSPS) is 23.9. The standard InChI is InChI=1S/C25H46N4O4S/c1-5-7-16-34-25(3,4)21(28-24(32)33-15-6-2)23(31)29-14-8-9-20(29)22(30)27-17-18-10-12-19(26)13-11-18/h18-21H,5-17,26H2,1-4H3,(H,27,30)(H,28,32). The van der Waals surface area contributed by atoms with Crippen LogP contribution in [0.2, 0.25) is 0 Å². The Morgan fingerprint density at radius 2 is 1.82 bits per heavy atom. The third-order valence-corrected chi connectivity index (χ3v) is 8.38. The van der Waals surface area contributed by atoms with Crippen molar-refractivity contribution in [2.45, 2.75) is 108 Å². The summed E-state index contributed by atoms with van der Waals surface area (Å²) < 4.78 is 4.68. The Bertz CT molecular complexity index is 667. The van der Waals surface area contributed by atoms with Gasteiger partial charge in [0.05, 0.1) is 6.61 Å². The van der Waals surface area contributed by atoms with Crippen LogP contribution in [0.5, 0.6) is 0 Å². The van der Waals surface area contributed by atoms with Crippen LogP contribution in [-0.4, -0.2) is 71.1 Å². The average molecular weight is 499 g/mol. The number of alkyl carbamates (subject to hydrolysis) is 1. The van der Waals surface area contributed by atoms with Crippen molar-refractivity contribution in [3.63, 3.8) is 0 Å². The summed E-state index contributed by atoms with van der Waals surface area (Å²) >= 11 is 1.67. The zero-order valence-electron chi connectivity index (χ0n) is 21.6. The summed E-state index contributed by atoms with van der Waals surface area (Å²) in [6.07, 6.45) is 7.71. The molecule has 0 radical (unpaired) electrons. The van der Waals surface area contributed by atoms with E-state index < -0.39 is 22.9 Å². The minimum atomic E-state index is -0.771. The van der Waals surface area contributed by atoms with Crippen LogP contribution in [0, 0.1) is 5.92 Å². The van der Waals surface area contributed by atoms with E-state index in [0.717, 1.165) is 50.7 Å². The topological polar surface area (TPSA) is 114 Å². The van der Waals surface area contributed by atoms with Gasteiger partial charge in [0.1, 0.15) is 12.1 Å². The van der Waals surface area contributed by atoms with Crippen LogP contribution >= 0.6 is 11.8 Å². The van der Waals surface area contributed by atoms with Gasteiger partial charge in [-0.1, -0.05) is 20.3 Å². The average Bonchev–Trinajstić information content (AvgIpc) is 3.30. The summed E-state index contributed by atoms with van der Waals surface area (Å²) in [6.45, 7) is 9.47. The summed E-state index contributed by atoms with van der Waals surface area (Å²) in [5.41, 5.74) is 5.99. The van der Waals surface area contributed by atoms with Crippen molar-refractivity contribution in [3.8, 4) is 0 Å². The van der Waals surface area contributed by atoms with E-state index in [4.69, 9.17) is 10.5 Å². The van der Waals surface area contributed by atoms with Crippen molar-refractivity contribution in [1.29, 1.82) is 0 Å². The number of nitrogens with two attached hydrogens (primary N) is 1. The summed E-state index contributed by atoms with van der Waals surface area (Å²) in [6, 6.07) is -0.986. The second-order valence-corrected chi connectivity index (χ2v) is 12.0. The molecule has 196 valence electrons. The monoisotopic (exact) mass is 498 g/mol. The van der Waals surface area contributed by atoms with Crippen LogP contribution in [0.4, 0.5) is 4.79 Å². The first-order valence-corrected chi connectivity index (χ1v) is 14.1. The van der Waals surface area contributed by atoms with Gasteiger partial charge in [-0.05, 0) is 76.9 Å². The number of carbonyl (C=O) groups excluding carboxylic acids is 3. The van der Waals surface area contributed by atoms with Gasteiger partial charge in [0.25, 0.3) is 0 Å². The predicted molar refractivity (Wildman–Crippen MR) is 138 cm³/mol. The van der Waals surface area contributed by atoms with Crippen LogP contribution < -0.4 is 16.4 Å². The van der Waals surface area contributed by atoms with Crippen LogP contribution in [0.15, 0.2) is 0 Å². The van der Waals surface area contributed by atoms with Crippen molar-refractivity contribution < 1.29 is 19.1 Å². The van der Waals surface area contributed by atoms with Gasteiger partial charge < -0.3 is 26.0 Å². The number of carbonyl (C=O) groups is 3. The van der Waals surface area contributed by atoms with Gasteiger partial charge >= 0.3 is 6.09 Å². The molecule has 0 aromatic heterocycles. The van der Waals surface area contributed by atoms with Gasteiger partial charge in [-0.2, -0.15) is 11.8 Å². The van der Waals surface area contributed by atoms with Crippen LogP contribution in [-0.2, 0) is 14.3 Å². The lowest BCUT2D eigenvalue weighted by atomic mass is 9.86. The van der Waals surface area contributed by atoms with E-state index in [1.807, 2.05) is 20.8 Å². The Hall–Kier alpha value is -1.48. The van der Waals surface area contributed by atoms with Gasteiger partial charge in [-0.15, -0.1) is 0 Å². The van der Waals surface area contributed by atoms with Crippen LogP contribution in [0.1, 0.15) is 85.5 Å². The molecule has 0 spiro atoms. The van der Waals surface area contributed by atoms with Crippen molar-refractivity contribution >= 4 is 29.7 Å². The number of nitrogens with one attached hydrogen (secondary N) is 2. The highest BCUT2D eigenvalue weighted by Gasteiger charge is 2.44. The number of rotatable bonds is 12. The van der Waals surface area contributed by atoms with E-state index in [1.54, 1.807) is 16.7 Å². The minimum absolute atomic E-state index is 0.0931. The zero-order chi connectivity index (χ0) is 25.1. The van der Waals surface area contributed by atoms with Gasteiger partial charge in [0.15, 0.2) is 0 Å². The largest absolute Gasteiger partial charge is 0.450 e. The first kappa shape index (κ1) is 28.8. The summed E-state index contributed by atoms with van der Waals surface area (Å²) in [4.78, 5) is 40.9. The molecule has 0 aromatic carbocycles. The van der Waals surface area contributed by atoms with Crippen molar-refractivity contribution in [2.24, 2.45) is 11.7 Å². The highest BCUT2D eigenvalue weighted by molar-refractivity contribution is 8.00. The molecule has 2 rings (SSSR count). The first-order valence-electron chi connectivity index (χ1n) is 13.1. The fraction of sp³-hybridized carbons (Fsp3) is 0.880. The van der Waals surface area contributed by atoms with E-state index >= 15 is 0 Å². The summed E-state index contributed by atoms with van der Waals surface area (Å²) in [5.74, 6) is 1.05. The van der Waals surface area contributed by atoms with Crippen LogP contribution in [0.25, 0.3) is 0 Å². The van der Waals surface area contributed by atoms with Crippen LogP contribution in [0.3, 0.4) is 0 Å². The van der Waals surface area contributed by atoms with Gasteiger partial charge in [0, 0.05) is 23.9 Å². The molecular weight excluding hydrogens is 452 g/mol. The quantitative estimate of drug-likeness (QED) is 0.355. The Morgan fingerprint density at radius 1 is 1.12 bits per heavy atom. The lowest BCUT2D eigenvalue weighted by molar-refractivity contribution is -0.140. The molecular formula is C25H46N4O4S. The lowest BCUT2D eigenvalue weighted by Gasteiger charge is -2.37. The molecule has 1 aliphatic heterocycles. The Balaban J connectivity index is 2.06. The molecule has 2 aliphatic rings. The molecule has 0 aromatic rings. The third-order valence-electron chi connectivity index (χ3n) is 6.91. The fourth-order valence-corrected chi connectivity index (χ4v) is 5.96. The van der Waals surface area contributed by atoms with Crippen molar-refractivity contribution in [1.82, 2.24) is 15.5 Å². The van der Waals surface area contributed by atoms with E-state index in [2.05, 4.69) is 17.6 Å². The molecule has 8 nitrogen and oxygen atoms in total. The number of unbranched alkanes of at least 4 members (excludes halogenated alkanes) is 1. The van der Waals surface area contributed by atoms with E-state index in [0.29, 0.717) is 38.5 Å². The van der Waals surface area contributed by atoms with Gasteiger partial charge in [-0.25, -0.2) is 4.79 Å². The Kier molecular flexibility index (Phi) is 12.0. The highest BCUT2D eigenvalue weighted by atomic mass is 32.2. The molecule has 1 heterocycles.